The molecule has 19 heavy (non-hydrogen) atoms. The number of rotatable bonds is 4. The molecule has 0 aromatic carbocycles. The number of hydrogen-bond donors (Lipinski definition) is 6. The third kappa shape index (κ3) is 5.38. The molecular weight excluding hydrogens is 279 g/mol. The molecule has 4 unspecified atom stereocenters. The van der Waals surface area contributed by atoms with Gasteiger partial charge in [0.15, 0.2) is 23.4 Å². The Balaban J connectivity index is 0. The summed E-state index contributed by atoms with van der Waals surface area (Å²) in [6, 6.07) is 0. The molecule has 4 atom stereocenters. The third-order valence-corrected chi connectivity index (χ3v) is 7.95. The number of carbonyl (C=O) groups is 2. The molecule has 0 rings (SSSR count). The molecule has 0 amide bonds. The lowest BCUT2D eigenvalue weighted by Crippen LogP contribution is -2.34. The van der Waals surface area contributed by atoms with Gasteiger partial charge in [-0.2, -0.15) is 0 Å². The van der Waals surface area contributed by atoms with Crippen molar-refractivity contribution in [2.45, 2.75) is 51.1 Å². The Bertz CT molecular complexity index is 250. The summed E-state index contributed by atoms with van der Waals surface area (Å²) in [6.07, 6.45) is 0. The quantitative estimate of drug-likeness (QED) is 0.300. The molecule has 0 saturated carbocycles. The summed E-state index contributed by atoms with van der Waals surface area (Å²) in [5.41, 5.74) is 0. The molecule has 0 fully saturated rings. The highest BCUT2D eigenvalue weighted by molar-refractivity contribution is 7.77. The van der Waals surface area contributed by atoms with E-state index in [2.05, 4.69) is 0 Å². The number of carboxylic acid groups (broad SMARTS) is 2. The van der Waals surface area contributed by atoms with Crippen molar-refractivity contribution in [1.82, 2.24) is 0 Å². The zero-order valence-electron chi connectivity index (χ0n) is 11.3. The molecule has 114 valence electrons. The van der Waals surface area contributed by atoms with Gasteiger partial charge in [-0.25, -0.2) is 9.59 Å². The van der Waals surface area contributed by atoms with Crippen molar-refractivity contribution in [3.63, 3.8) is 0 Å². The first-order valence-electron chi connectivity index (χ1n) is 5.48. The van der Waals surface area contributed by atoms with Gasteiger partial charge >= 0.3 is 11.9 Å². The maximum absolute atomic E-state index is 9.54. The third-order valence-electron chi connectivity index (χ3n) is 2.77. The monoisotopic (exact) mass is 301 g/mol. The van der Waals surface area contributed by atoms with Crippen LogP contribution in [0.3, 0.4) is 0 Å². The van der Waals surface area contributed by atoms with Crippen molar-refractivity contribution in [1.29, 1.82) is 0 Å². The molecule has 0 aromatic heterocycles. The Morgan fingerprint density at radius 1 is 0.684 bits per heavy atom. The van der Waals surface area contributed by atoms with Gasteiger partial charge in [-0.05, 0) is 27.7 Å². The minimum atomic E-state index is -2.56. The first-order valence-corrected chi connectivity index (χ1v) is 7.55. The van der Waals surface area contributed by atoms with Crippen LogP contribution >= 0.6 is 7.26 Å². The molecule has 0 spiro atoms. The van der Waals surface area contributed by atoms with E-state index in [9.17, 15) is 20.4 Å². The van der Waals surface area contributed by atoms with Crippen LogP contribution in [0.1, 0.15) is 27.7 Å². The van der Waals surface area contributed by atoms with Gasteiger partial charge in [0.2, 0.25) is 0 Å². The van der Waals surface area contributed by atoms with Crippen LogP contribution in [0, 0.1) is 0 Å². The van der Waals surface area contributed by atoms with E-state index < -0.39 is 42.6 Å². The summed E-state index contributed by atoms with van der Waals surface area (Å²) in [7, 11) is -2.56. The molecule has 0 bridgehead atoms. The van der Waals surface area contributed by atoms with Gasteiger partial charge in [-0.15, -0.1) is 0 Å². The highest BCUT2D eigenvalue weighted by Gasteiger charge is 2.56. The van der Waals surface area contributed by atoms with Crippen LogP contribution < -0.4 is 0 Å². The normalized spacial score (nSPS) is 20.0. The number of carboxylic acids is 2. The largest absolute Gasteiger partial charge is 0.473 e. The standard InChI is InChI=1S/C8H20O4P.C2H2O4/c1-5(9)13(6(2)10,7(3)11)8(4)12;3-1(4)2(5)6/h5-12H,1-4H3;(H,3,4)(H,5,6)/q+1;. The van der Waals surface area contributed by atoms with E-state index >= 15 is 0 Å². The van der Waals surface area contributed by atoms with Crippen LogP contribution in [-0.2, 0) is 9.59 Å². The molecule has 0 aliphatic rings. The average Bonchev–Trinajstić information content (AvgIpc) is 2.15. The van der Waals surface area contributed by atoms with Gasteiger partial charge in [-0.1, -0.05) is 0 Å². The first kappa shape index (κ1) is 20.5. The molecule has 0 heterocycles. The number of hydrogen-bond acceptors (Lipinski definition) is 6. The van der Waals surface area contributed by atoms with E-state index in [4.69, 9.17) is 19.8 Å². The number of aliphatic hydroxyl groups excluding tert-OH is 4. The van der Waals surface area contributed by atoms with Crippen LogP contribution in [0.5, 0.6) is 0 Å². The topological polar surface area (TPSA) is 156 Å². The van der Waals surface area contributed by atoms with E-state index in [1.165, 1.54) is 27.7 Å². The fourth-order valence-corrected chi connectivity index (χ4v) is 5.62. The summed E-state index contributed by atoms with van der Waals surface area (Å²) in [6.45, 7) is 6.00. The summed E-state index contributed by atoms with van der Waals surface area (Å²) >= 11 is 0. The van der Waals surface area contributed by atoms with Crippen molar-refractivity contribution >= 4 is 19.2 Å². The Labute approximate surface area is 111 Å². The predicted octanol–water partition coefficient (Wildman–Crippen LogP) is -0.487. The first-order chi connectivity index (χ1) is 8.42. The fraction of sp³-hybridized carbons (Fsp3) is 0.800. The van der Waals surface area contributed by atoms with Crippen molar-refractivity contribution in [2.75, 3.05) is 0 Å². The maximum atomic E-state index is 9.54. The minimum Gasteiger partial charge on any atom is -0.473 e. The smallest absolute Gasteiger partial charge is 0.414 e. The van der Waals surface area contributed by atoms with Gasteiger partial charge in [0.25, 0.3) is 0 Å². The van der Waals surface area contributed by atoms with E-state index in [1.54, 1.807) is 0 Å². The summed E-state index contributed by atoms with van der Waals surface area (Å²) in [5.74, 6) is -7.12. The van der Waals surface area contributed by atoms with Gasteiger partial charge in [0.05, 0.1) is 0 Å². The second kappa shape index (κ2) is 8.39. The maximum Gasteiger partial charge on any atom is 0.414 e. The van der Waals surface area contributed by atoms with Crippen LogP contribution in [0.4, 0.5) is 0 Å². The Kier molecular flexibility index (Phi) is 9.07. The van der Waals surface area contributed by atoms with Crippen molar-refractivity contribution in [3.8, 4) is 0 Å². The molecular formula is C10H22O8P+. The highest BCUT2D eigenvalue weighted by atomic mass is 31.2. The van der Waals surface area contributed by atoms with Gasteiger partial charge < -0.3 is 30.6 Å². The van der Waals surface area contributed by atoms with Gasteiger partial charge in [0, 0.05) is 0 Å². The van der Waals surface area contributed by atoms with Gasteiger partial charge in [-0.3, -0.25) is 0 Å². The number of aliphatic hydroxyl groups is 4. The summed E-state index contributed by atoms with van der Waals surface area (Å²) in [5, 5.41) is 53.0. The average molecular weight is 301 g/mol. The van der Waals surface area contributed by atoms with Gasteiger partial charge in [0.1, 0.15) is 7.26 Å². The Morgan fingerprint density at radius 3 is 0.842 bits per heavy atom. The van der Waals surface area contributed by atoms with Crippen LogP contribution in [0.15, 0.2) is 0 Å². The predicted molar refractivity (Wildman–Crippen MR) is 68.9 cm³/mol. The second-order valence-electron chi connectivity index (χ2n) is 4.03. The highest BCUT2D eigenvalue weighted by Crippen LogP contribution is 2.70. The molecule has 0 aromatic rings. The van der Waals surface area contributed by atoms with E-state index in [0.717, 1.165) is 0 Å². The second-order valence-corrected chi connectivity index (χ2v) is 8.81. The molecule has 0 aliphatic carbocycles. The SMILES string of the molecule is CC(O)[P+](C(C)O)(C(C)O)C(C)O.O=C(O)C(=O)O. The zero-order chi connectivity index (χ0) is 16.0. The molecule has 6 N–H and O–H groups in total. The van der Waals surface area contributed by atoms with Crippen molar-refractivity contribution in [3.05, 3.63) is 0 Å². The molecule has 8 nitrogen and oxygen atoms in total. The van der Waals surface area contributed by atoms with E-state index in [0.29, 0.717) is 0 Å². The minimum absolute atomic E-state index is 0.868. The lowest BCUT2D eigenvalue weighted by molar-refractivity contribution is -0.159. The molecule has 9 heteroatoms. The van der Waals surface area contributed by atoms with Crippen LogP contribution in [-0.4, -0.2) is 66.0 Å². The lowest BCUT2D eigenvalue weighted by atomic mass is 10.7. The fourth-order valence-electron chi connectivity index (χ4n) is 1.87. The molecule has 0 saturated heterocycles. The Hall–Kier alpha value is -0.790. The zero-order valence-corrected chi connectivity index (χ0v) is 12.2. The van der Waals surface area contributed by atoms with E-state index in [-0.39, 0.29) is 0 Å². The van der Waals surface area contributed by atoms with Crippen LogP contribution in [0.25, 0.3) is 0 Å². The van der Waals surface area contributed by atoms with Crippen molar-refractivity contribution < 1.29 is 40.2 Å². The molecule has 0 aliphatic heterocycles. The Morgan fingerprint density at radius 2 is 0.842 bits per heavy atom. The number of aliphatic carboxylic acids is 2. The van der Waals surface area contributed by atoms with E-state index in [1.807, 2.05) is 0 Å². The molecule has 0 radical (unpaired) electrons. The summed E-state index contributed by atoms with van der Waals surface area (Å²) in [4.78, 5) is 18.2. The summed E-state index contributed by atoms with van der Waals surface area (Å²) < 4.78 is 0. The lowest BCUT2D eigenvalue weighted by Gasteiger charge is -2.36. The van der Waals surface area contributed by atoms with Crippen molar-refractivity contribution in [2.24, 2.45) is 0 Å². The van der Waals surface area contributed by atoms with Crippen LogP contribution in [0.2, 0.25) is 0 Å².